The molecule has 2 aliphatic rings. The van der Waals surface area contributed by atoms with Crippen LogP contribution in [-0.4, -0.2) is 41.2 Å². The van der Waals surface area contributed by atoms with E-state index >= 15 is 0 Å². The van der Waals surface area contributed by atoms with E-state index in [2.05, 4.69) is 61.0 Å². The van der Waals surface area contributed by atoms with E-state index in [0.717, 1.165) is 38.8 Å². The van der Waals surface area contributed by atoms with Crippen molar-refractivity contribution in [3.05, 3.63) is 35.4 Å². The summed E-state index contributed by atoms with van der Waals surface area (Å²) in [6, 6.07) is 8.55. The van der Waals surface area contributed by atoms with Gasteiger partial charge in [0.05, 0.1) is 12.1 Å². The summed E-state index contributed by atoms with van der Waals surface area (Å²) in [6.45, 7) is 5.80. The molecule has 1 saturated heterocycles. The Morgan fingerprint density at radius 1 is 1.44 bits per heavy atom. The highest BCUT2D eigenvalue weighted by Gasteiger charge is 2.36. The van der Waals surface area contributed by atoms with Gasteiger partial charge >= 0.3 is 0 Å². The molecular formula is C20H31N3OS. The number of hydrogen-bond acceptors (Lipinski definition) is 4. The van der Waals surface area contributed by atoms with Crippen molar-refractivity contribution in [1.29, 1.82) is 0 Å². The maximum atomic E-state index is 13.3. The SMILES string of the molecule is CCC(C)[C@H](N)C(=O)N(CC1CC(S)CN1)C1CCc2ccccc21. The monoisotopic (exact) mass is 361 g/mol. The second kappa shape index (κ2) is 8.11. The molecular weight excluding hydrogens is 330 g/mol. The van der Waals surface area contributed by atoms with Gasteiger partial charge in [-0.05, 0) is 36.3 Å². The van der Waals surface area contributed by atoms with Gasteiger partial charge in [-0.1, -0.05) is 44.5 Å². The van der Waals surface area contributed by atoms with Gasteiger partial charge in [0.15, 0.2) is 0 Å². The van der Waals surface area contributed by atoms with Crippen LogP contribution in [0.5, 0.6) is 0 Å². The summed E-state index contributed by atoms with van der Waals surface area (Å²) < 4.78 is 0. The van der Waals surface area contributed by atoms with Crippen LogP contribution in [0.4, 0.5) is 0 Å². The van der Waals surface area contributed by atoms with Gasteiger partial charge in [0, 0.05) is 24.4 Å². The highest BCUT2D eigenvalue weighted by Crippen LogP contribution is 2.36. The van der Waals surface area contributed by atoms with Gasteiger partial charge in [0.1, 0.15) is 0 Å². The molecule has 4 unspecified atom stereocenters. The third-order valence-corrected chi connectivity index (χ3v) is 6.31. The molecule has 0 bridgehead atoms. The number of benzene rings is 1. The lowest BCUT2D eigenvalue weighted by atomic mass is 9.97. The summed E-state index contributed by atoms with van der Waals surface area (Å²) in [5.74, 6) is 0.293. The van der Waals surface area contributed by atoms with Crippen LogP contribution >= 0.6 is 12.6 Å². The van der Waals surface area contributed by atoms with Crippen LogP contribution in [0.1, 0.15) is 50.3 Å². The normalized spacial score (nSPS) is 27.8. The lowest BCUT2D eigenvalue weighted by molar-refractivity contribution is -0.136. The largest absolute Gasteiger partial charge is 0.333 e. The minimum absolute atomic E-state index is 0.0977. The molecule has 1 fully saturated rings. The van der Waals surface area contributed by atoms with E-state index in [0.29, 0.717) is 11.3 Å². The number of aryl methyl sites for hydroxylation is 1. The van der Waals surface area contributed by atoms with E-state index in [4.69, 9.17) is 5.73 Å². The van der Waals surface area contributed by atoms with Crippen LogP contribution in [-0.2, 0) is 11.2 Å². The molecule has 25 heavy (non-hydrogen) atoms. The first-order valence-corrected chi connectivity index (χ1v) is 10.1. The van der Waals surface area contributed by atoms with Gasteiger partial charge in [-0.15, -0.1) is 0 Å². The average molecular weight is 362 g/mol. The fourth-order valence-electron chi connectivity index (χ4n) is 4.09. The van der Waals surface area contributed by atoms with Gasteiger partial charge < -0.3 is 16.0 Å². The van der Waals surface area contributed by atoms with Crippen molar-refractivity contribution in [2.75, 3.05) is 13.1 Å². The predicted octanol–water partition coefficient (Wildman–Crippen LogP) is 2.54. The third-order valence-electron chi connectivity index (χ3n) is 5.92. The molecule has 0 saturated carbocycles. The number of nitrogens with zero attached hydrogens (tertiary/aromatic N) is 1. The van der Waals surface area contributed by atoms with Crippen molar-refractivity contribution in [2.24, 2.45) is 11.7 Å². The second-order valence-corrected chi connectivity index (χ2v) is 8.38. The van der Waals surface area contributed by atoms with Crippen molar-refractivity contribution < 1.29 is 4.79 Å². The van der Waals surface area contributed by atoms with Crippen molar-refractivity contribution in [3.8, 4) is 0 Å². The van der Waals surface area contributed by atoms with Crippen LogP contribution in [0.2, 0.25) is 0 Å². The number of hydrogen-bond donors (Lipinski definition) is 3. The maximum Gasteiger partial charge on any atom is 0.240 e. The smallest absolute Gasteiger partial charge is 0.240 e. The Bertz CT molecular complexity index is 608. The van der Waals surface area contributed by atoms with Gasteiger partial charge in [-0.3, -0.25) is 4.79 Å². The molecule has 0 aromatic heterocycles. The lowest BCUT2D eigenvalue weighted by Gasteiger charge is -2.35. The molecule has 1 heterocycles. The maximum absolute atomic E-state index is 13.3. The summed E-state index contributed by atoms with van der Waals surface area (Å²) in [5.41, 5.74) is 9.00. The van der Waals surface area contributed by atoms with Crippen molar-refractivity contribution in [1.82, 2.24) is 10.2 Å². The van der Waals surface area contributed by atoms with Gasteiger partial charge in [0.2, 0.25) is 5.91 Å². The van der Waals surface area contributed by atoms with E-state index in [-0.39, 0.29) is 17.9 Å². The van der Waals surface area contributed by atoms with E-state index in [1.807, 2.05) is 0 Å². The summed E-state index contributed by atoms with van der Waals surface area (Å²) in [5, 5.41) is 3.89. The quantitative estimate of drug-likeness (QED) is 0.683. The summed E-state index contributed by atoms with van der Waals surface area (Å²) in [4.78, 5) is 15.3. The van der Waals surface area contributed by atoms with Gasteiger partial charge in [-0.25, -0.2) is 0 Å². The third kappa shape index (κ3) is 4.04. The zero-order valence-electron chi connectivity index (χ0n) is 15.3. The van der Waals surface area contributed by atoms with Crippen LogP contribution in [0.3, 0.4) is 0 Å². The van der Waals surface area contributed by atoms with Gasteiger partial charge in [-0.2, -0.15) is 12.6 Å². The number of carbonyl (C=O) groups excluding carboxylic acids is 1. The molecule has 138 valence electrons. The fraction of sp³-hybridized carbons (Fsp3) is 0.650. The number of nitrogens with one attached hydrogen (secondary N) is 1. The summed E-state index contributed by atoms with van der Waals surface area (Å²) >= 11 is 4.58. The Labute approximate surface area is 156 Å². The lowest BCUT2D eigenvalue weighted by Crippen LogP contribution is -2.51. The molecule has 1 aliphatic heterocycles. The molecule has 4 nitrogen and oxygen atoms in total. The molecule has 3 N–H and O–H groups in total. The molecule has 1 amide bonds. The average Bonchev–Trinajstić information content (AvgIpc) is 3.23. The Balaban J connectivity index is 1.83. The number of amides is 1. The zero-order valence-corrected chi connectivity index (χ0v) is 16.2. The van der Waals surface area contributed by atoms with E-state index in [1.165, 1.54) is 11.1 Å². The van der Waals surface area contributed by atoms with Crippen LogP contribution in [0.15, 0.2) is 24.3 Å². The molecule has 3 rings (SSSR count). The molecule has 1 aromatic rings. The molecule has 1 aromatic carbocycles. The van der Waals surface area contributed by atoms with Crippen molar-refractivity contribution in [2.45, 2.75) is 62.9 Å². The Morgan fingerprint density at radius 2 is 2.20 bits per heavy atom. The van der Waals surface area contributed by atoms with Crippen molar-refractivity contribution in [3.63, 3.8) is 0 Å². The standard InChI is InChI=1S/C20H31N3OS/c1-3-13(2)19(21)20(24)23(12-15-10-16(25)11-22-15)18-9-8-14-6-4-5-7-17(14)18/h4-7,13,15-16,18-19,22,25H,3,8-12,21H2,1-2H3/t13?,15?,16?,18?,19-/m0/s1. The highest BCUT2D eigenvalue weighted by atomic mass is 32.1. The molecule has 1 aliphatic carbocycles. The van der Waals surface area contributed by atoms with E-state index in [1.54, 1.807) is 0 Å². The number of fused-ring (bicyclic) bond motifs is 1. The minimum Gasteiger partial charge on any atom is -0.333 e. The number of thiol groups is 1. The molecule has 5 heteroatoms. The first kappa shape index (κ1) is 18.7. The van der Waals surface area contributed by atoms with E-state index < -0.39 is 6.04 Å². The van der Waals surface area contributed by atoms with Crippen molar-refractivity contribution >= 4 is 18.5 Å². The van der Waals surface area contributed by atoms with Crippen LogP contribution in [0, 0.1) is 5.92 Å². The number of carbonyl (C=O) groups is 1. The summed E-state index contributed by atoms with van der Waals surface area (Å²) in [6.07, 6.45) is 3.95. The molecule has 0 spiro atoms. The second-order valence-electron chi connectivity index (χ2n) is 7.65. The topological polar surface area (TPSA) is 58.4 Å². The Kier molecular flexibility index (Phi) is 6.08. The van der Waals surface area contributed by atoms with Gasteiger partial charge in [0.25, 0.3) is 0 Å². The van der Waals surface area contributed by atoms with Crippen LogP contribution in [0.25, 0.3) is 0 Å². The number of nitrogens with two attached hydrogens (primary N) is 1. The minimum atomic E-state index is -0.425. The van der Waals surface area contributed by atoms with Crippen LogP contribution < -0.4 is 11.1 Å². The highest BCUT2D eigenvalue weighted by molar-refractivity contribution is 7.81. The molecule has 0 radical (unpaired) electrons. The molecule has 5 atom stereocenters. The first-order valence-electron chi connectivity index (χ1n) is 9.56. The predicted molar refractivity (Wildman–Crippen MR) is 106 cm³/mol. The van der Waals surface area contributed by atoms with E-state index in [9.17, 15) is 4.79 Å². The zero-order chi connectivity index (χ0) is 18.0. The summed E-state index contributed by atoms with van der Waals surface area (Å²) in [7, 11) is 0. The Morgan fingerprint density at radius 3 is 2.88 bits per heavy atom. The fourth-order valence-corrected chi connectivity index (χ4v) is 4.45. The Hall–Kier alpha value is -1.04. The first-order chi connectivity index (χ1) is 12.0. The number of rotatable bonds is 6.